The van der Waals surface area contributed by atoms with Crippen LogP contribution in [-0.2, 0) is 6.54 Å². The van der Waals surface area contributed by atoms with Crippen molar-refractivity contribution in [2.45, 2.75) is 13.5 Å². The Bertz CT molecular complexity index is 725. The first-order chi connectivity index (χ1) is 12.7. The maximum absolute atomic E-state index is 12.4. The van der Waals surface area contributed by atoms with E-state index in [1.165, 1.54) is 0 Å². The van der Waals surface area contributed by atoms with Crippen molar-refractivity contribution in [2.75, 3.05) is 44.7 Å². The fraction of sp³-hybridized carbons (Fsp3) is 0.400. The molecule has 0 aliphatic carbocycles. The van der Waals surface area contributed by atoms with Gasteiger partial charge in [-0.3, -0.25) is 4.79 Å². The largest absolute Gasteiger partial charge is 0.496 e. The van der Waals surface area contributed by atoms with Crippen LogP contribution >= 0.6 is 0 Å². The highest BCUT2D eigenvalue weighted by atomic mass is 16.5. The molecule has 0 saturated carbocycles. The SMILES string of the molecule is CCN1CCN(c2ccc(C(=O)NCc3ccccc3OC)cn2)CC1. The molecule has 1 aromatic carbocycles. The Morgan fingerprint density at radius 2 is 1.92 bits per heavy atom. The van der Waals surface area contributed by atoms with Crippen LogP contribution in [0.5, 0.6) is 5.75 Å². The number of para-hydroxylation sites is 1. The number of amides is 1. The molecule has 0 radical (unpaired) electrons. The summed E-state index contributed by atoms with van der Waals surface area (Å²) in [5.74, 6) is 1.57. The second-order valence-corrected chi connectivity index (χ2v) is 6.32. The number of aromatic nitrogens is 1. The zero-order valence-corrected chi connectivity index (χ0v) is 15.4. The molecule has 6 nitrogen and oxygen atoms in total. The lowest BCUT2D eigenvalue weighted by Crippen LogP contribution is -2.46. The van der Waals surface area contributed by atoms with Gasteiger partial charge in [-0.2, -0.15) is 0 Å². The van der Waals surface area contributed by atoms with Gasteiger partial charge in [-0.1, -0.05) is 25.1 Å². The van der Waals surface area contributed by atoms with Gasteiger partial charge in [-0.25, -0.2) is 4.98 Å². The highest BCUT2D eigenvalue weighted by Crippen LogP contribution is 2.17. The van der Waals surface area contributed by atoms with Gasteiger partial charge in [0.2, 0.25) is 0 Å². The van der Waals surface area contributed by atoms with Gasteiger partial charge < -0.3 is 19.9 Å². The van der Waals surface area contributed by atoms with E-state index in [4.69, 9.17) is 4.74 Å². The molecule has 6 heteroatoms. The van der Waals surface area contributed by atoms with Crippen molar-refractivity contribution in [3.05, 3.63) is 53.7 Å². The monoisotopic (exact) mass is 354 g/mol. The Morgan fingerprint density at radius 3 is 2.58 bits per heavy atom. The first-order valence-electron chi connectivity index (χ1n) is 9.04. The van der Waals surface area contributed by atoms with Crippen molar-refractivity contribution in [2.24, 2.45) is 0 Å². The molecule has 1 aliphatic heterocycles. The molecule has 1 aliphatic rings. The summed E-state index contributed by atoms with van der Waals surface area (Å²) in [5.41, 5.74) is 1.51. The van der Waals surface area contributed by atoms with Crippen LogP contribution in [0.2, 0.25) is 0 Å². The van der Waals surface area contributed by atoms with Crippen LogP contribution in [0.3, 0.4) is 0 Å². The van der Waals surface area contributed by atoms with Crippen molar-refractivity contribution in [1.29, 1.82) is 0 Å². The number of rotatable bonds is 6. The van der Waals surface area contributed by atoms with Gasteiger partial charge >= 0.3 is 0 Å². The van der Waals surface area contributed by atoms with Crippen molar-refractivity contribution in [3.63, 3.8) is 0 Å². The van der Waals surface area contributed by atoms with E-state index >= 15 is 0 Å². The average Bonchev–Trinajstić information content (AvgIpc) is 2.72. The number of nitrogens with one attached hydrogen (secondary N) is 1. The molecule has 0 unspecified atom stereocenters. The maximum Gasteiger partial charge on any atom is 0.253 e. The van der Waals surface area contributed by atoms with Crippen molar-refractivity contribution >= 4 is 11.7 Å². The summed E-state index contributed by atoms with van der Waals surface area (Å²) >= 11 is 0. The lowest BCUT2D eigenvalue weighted by molar-refractivity contribution is 0.0950. The predicted molar refractivity (Wildman–Crippen MR) is 103 cm³/mol. The van der Waals surface area contributed by atoms with Gasteiger partial charge in [0.25, 0.3) is 5.91 Å². The fourth-order valence-electron chi connectivity index (χ4n) is 3.13. The Morgan fingerprint density at radius 1 is 1.15 bits per heavy atom. The van der Waals surface area contributed by atoms with Gasteiger partial charge in [0.05, 0.1) is 12.7 Å². The molecule has 1 fully saturated rings. The van der Waals surface area contributed by atoms with E-state index in [0.29, 0.717) is 12.1 Å². The number of ether oxygens (including phenoxy) is 1. The lowest BCUT2D eigenvalue weighted by Gasteiger charge is -2.34. The molecule has 0 bridgehead atoms. The number of carbonyl (C=O) groups excluding carboxylic acids is 1. The van der Waals surface area contributed by atoms with Crippen molar-refractivity contribution < 1.29 is 9.53 Å². The molecule has 138 valence electrons. The minimum absolute atomic E-state index is 0.134. The summed E-state index contributed by atoms with van der Waals surface area (Å²) in [5, 5.41) is 2.92. The summed E-state index contributed by atoms with van der Waals surface area (Å²) in [6.45, 7) is 7.75. The van der Waals surface area contributed by atoms with Crippen molar-refractivity contribution in [3.8, 4) is 5.75 Å². The minimum Gasteiger partial charge on any atom is -0.496 e. The highest BCUT2D eigenvalue weighted by Gasteiger charge is 2.17. The first-order valence-corrected chi connectivity index (χ1v) is 9.04. The first kappa shape index (κ1) is 18.2. The Kier molecular flexibility index (Phi) is 6.07. The van der Waals surface area contributed by atoms with E-state index in [-0.39, 0.29) is 5.91 Å². The highest BCUT2D eigenvalue weighted by molar-refractivity contribution is 5.94. The smallest absolute Gasteiger partial charge is 0.253 e. The quantitative estimate of drug-likeness (QED) is 0.862. The van der Waals surface area contributed by atoms with E-state index in [9.17, 15) is 4.79 Å². The number of methoxy groups -OCH3 is 1. The van der Waals surface area contributed by atoms with E-state index < -0.39 is 0 Å². The number of pyridine rings is 1. The summed E-state index contributed by atoms with van der Waals surface area (Å²) in [6.07, 6.45) is 1.65. The van der Waals surface area contributed by atoms with Crippen LogP contribution in [0.25, 0.3) is 0 Å². The second kappa shape index (κ2) is 8.67. The van der Waals surface area contributed by atoms with E-state index in [1.807, 2.05) is 36.4 Å². The molecule has 26 heavy (non-hydrogen) atoms. The molecule has 3 rings (SSSR count). The zero-order valence-electron chi connectivity index (χ0n) is 15.4. The topological polar surface area (TPSA) is 57.7 Å². The number of likely N-dealkylation sites (N-methyl/N-ethyl adjacent to an activating group) is 1. The van der Waals surface area contributed by atoms with Crippen molar-refractivity contribution in [1.82, 2.24) is 15.2 Å². The lowest BCUT2D eigenvalue weighted by atomic mass is 10.2. The summed E-state index contributed by atoms with van der Waals surface area (Å²) in [7, 11) is 1.63. The Labute approximate surface area is 154 Å². The van der Waals surface area contributed by atoms with Crippen LogP contribution in [0.1, 0.15) is 22.8 Å². The third-order valence-corrected chi connectivity index (χ3v) is 4.79. The van der Waals surface area contributed by atoms with Crippen LogP contribution in [-0.4, -0.2) is 55.6 Å². The number of anilines is 1. The van der Waals surface area contributed by atoms with Crippen LogP contribution in [0, 0.1) is 0 Å². The number of hydrogen-bond donors (Lipinski definition) is 1. The van der Waals surface area contributed by atoms with Crippen LogP contribution in [0.15, 0.2) is 42.6 Å². The molecule has 1 saturated heterocycles. The molecular weight excluding hydrogens is 328 g/mol. The molecule has 2 aromatic rings. The second-order valence-electron chi connectivity index (χ2n) is 6.32. The number of carbonyl (C=O) groups is 1. The molecule has 1 N–H and O–H groups in total. The third kappa shape index (κ3) is 4.32. The van der Waals surface area contributed by atoms with Gasteiger partial charge in [0.1, 0.15) is 11.6 Å². The fourth-order valence-corrected chi connectivity index (χ4v) is 3.13. The molecule has 1 aromatic heterocycles. The minimum atomic E-state index is -0.134. The van der Waals surface area contributed by atoms with E-state index in [2.05, 4.69) is 27.0 Å². The standard InChI is InChI=1S/C20H26N4O2/c1-3-23-10-12-24(13-11-23)19-9-8-17(15-21-19)20(25)22-14-16-6-4-5-7-18(16)26-2/h4-9,15H,3,10-14H2,1-2H3,(H,22,25). The maximum atomic E-state index is 12.4. The Hall–Kier alpha value is -2.60. The summed E-state index contributed by atoms with van der Waals surface area (Å²) in [4.78, 5) is 21.6. The van der Waals surface area contributed by atoms with Crippen LogP contribution < -0.4 is 15.0 Å². The average molecular weight is 354 g/mol. The summed E-state index contributed by atoms with van der Waals surface area (Å²) in [6, 6.07) is 11.4. The zero-order chi connectivity index (χ0) is 18.4. The van der Waals surface area contributed by atoms with E-state index in [1.54, 1.807) is 13.3 Å². The Balaban J connectivity index is 1.57. The predicted octanol–water partition coefficient (Wildman–Crippen LogP) is 2.16. The van der Waals surface area contributed by atoms with Crippen LogP contribution in [0.4, 0.5) is 5.82 Å². The molecule has 2 heterocycles. The third-order valence-electron chi connectivity index (χ3n) is 4.79. The molecular formula is C20H26N4O2. The number of nitrogens with zero attached hydrogens (tertiary/aromatic N) is 3. The number of benzene rings is 1. The molecule has 1 amide bonds. The molecule has 0 spiro atoms. The van der Waals surface area contributed by atoms with E-state index in [0.717, 1.165) is 49.9 Å². The van der Waals surface area contributed by atoms with Gasteiger partial charge in [-0.05, 0) is 24.7 Å². The molecule has 0 atom stereocenters. The van der Waals surface area contributed by atoms with Gasteiger partial charge in [0, 0.05) is 44.5 Å². The number of piperazine rings is 1. The summed E-state index contributed by atoms with van der Waals surface area (Å²) < 4.78 is 5.31. The number of hydrogen-bond acceptors (Lipinski definition) is 5. The van der Waals surface area contributed by atoms with Gasteiger partial charge in [0.15, 0.2) is 0 Å². The van der Waals surface area contributed by atoms with Gasteiger partial charge in [-0.15, -0.1) is 0 Å². The normalized spacial score (nSPS) is 14.9.